The molecule has 1 aliphatic rings. The number of benzene rings is 2. The lowest BCUT2D eigenvalue weighted by Crippen LogP contribution is -2.47. The van der Waals surface area contributed by atoms with Gasteiger partial charge in [-0.05, 0) is 41.3 Å². The highest BCUT2D eigenvalue weighted by atomic mass is 35.5. The lowest BCUT2D eigenvalue weighted by molar-refractivity contribution is 0.109. The Morgan fingerprint density at radius 2 is 1.88 bits per heavy atom. The largest absolute Gasteiger partial charge is 0.387 e. The van der Waals surface area contributed by atoms with E-state index < -0.39 is 6.10 Å². The van der Waals surface area contributed by atoms with Gasteiger partial charge in [0.2, 0.25) is 0 Å². The summed E-state index contributed by atoms with van der Waals surface area (Å²) in [4.78, 5) is 7.88. The van der Waals surface area contributed by atoms with Gasteiger partial charge in [0.25, 0.3) is 0 Å². The molecule has 2 N–H and O–H groups in total. The molecule has 1 atom stereocenters. The summed E-state index contributed by atoms with van der Waals surface area (Å²) in [5, 5.41) is 12.5. The first-order chi connectivity index (χ1) is 12.2. The average molecular weight is 356 g/mol. The predicted molar refractivity (Wildman–Crippen MR) is 103 cm³/mol. The molecule has 0 unspecified atom stereocenters. The monoisotopic (exact) mass is 355 g/mol. The number of aliphatic hydroxyl groups is 1. The van der Waals surface area contributed by atoms with E-state index in [9.17, 15) is 5.11 Å². The van der Waals surface area contributed by atoms with Gasteiger partial charge in [0, 0.05) is 55.1 Å². The van der Waals surface area contributed by atoms with Crippen LogP contribution in [-0.4, -0.2) is 47.7 Å². The van der Waals surface area contributed by atoms with E-state index in [4.69, 9.17) is 11.6 Å². The van der Waals surface area contributed by atoms with Crippen molar-refractivity contribution in [3.63, 3.8) is 0 Å². The fraction of sp³-hybridized carbons (Fsp3) is 0.300. The fourth-order valence-corrected chi connectivity index (χ4v) is 3.67. The van der Waals surface area contributed by atoms with E-state index in [0.717, 1.165) is 42.3 Å². The Morgan fingerprint density at radius 3 is 2.68 bits per heavy atom. The second-order valence-corrected chi connectivity index (χ2v) is 7.04. The Kier molecular flexibility index (Phi) is 4.66. The average Bonchev–Trinajstić information content (AvgIpc) is 3.10. The summed E-state index contributed by atoms with van der Waals surface area (Å²) >= 11 is 6.09. The standard InChI is InChI=1S/C20H22ClN3O/c21-17-2-1-3-18(13-17)24-10-8-23(9-11-24)14-20(25)16-5-4-15-6-7-22-19(15)12-16/h1-7,12-13,20,22,25H,8-11,14H2/t20-/m0/s1. The molecule has 0 aliphatic carbocycles. The van der Waals surface area contributed by atoms with Crippen LogP contribution in [0.3, 0.4) is 0 Å². The second kappa shape index (κ2) is 7.08. The minimum Gasteiger partial charge on any atom is -0.387 e. The van der Waals surface area contributed by atoms with E-state index in [-0.39, 0.29) is 0 Å². The van der Waals surface area contributed by atoms with E-state index in [1.165, 1.54) is 11.1 Å². The molecule has 0 radical (unpaired) electrons. The summed E-state index contributed by atoms with van der Waals surface area (Å²) < 4.78 is 0. The van der Waals surface area contributed by atoms with Crippen LogP contribution >= 0.6 is 11.6 Å². The van der Waals surface area contributed by atoms with Crippen LogP contribution < -0.4 is 4.90 Å². The number of aromatic nitrogens is 1. The number of nitrogens with zero attached hydrogens (tertiary/aromatic N) is 2. The van der Waals surface area contributed by atoms with Crippen LogP contribution in [0, 0.1) is 0 Å². The normalized spacial score (nSPS) is 17.1. The molecule has 4 nitrogen and oxygen atoms in total. The molecule has 2 aromatic carbocycles. The zero-order chi connectivity index (χ0) is 17.2. The van der Waals surface area contributed by atoms with Crippen LogP contribution in [0.15, 0.2) is 54.7 Å². The Morgan fingerprint density at radius 1 is 1.04 bits per heavy atom. The van der Waals surface area contributed by atoms with Crippen molar-refractivity contribution in [2.24, 2.45) is 0 Å². The number of anilines is 1. The number of H-pyrrole nitrogens is 1. The Bertz CT molecular complexity index is 855. The van der Waals surface area contributed by atoms with Crippen molar-refractivity contribution in [3.8, 4) is 0 Å². The first kappa shape index (κ1) is 16.5. The van der Waals surface area contributed by atoms with E-state index in [1.54, 1.807) is 0 Å². The number of β-amino-alcohol motifs (C(OH)–C–C–N with tert-alkyl or cyclic N) is 1. The van der Waals surface area contributed by atoms with Crippen LogP contribution in [0.25, 0.3) is 10.9 Å². The van der Waals surface area contributed by atoms with Gasteiger partial charge in [-0.15, -0.1) is 0 Å². The Labute approximate surface area is 152 Å². The molecule has 130 valence electrons. The van der Waals surface area contributed by atoms with Crippen LogP contribution in [0.4, 0.5) is 5.69 Å². The zero-order valence-corrected chi connectivity index (χ0v) is 14.8. The minimum atomic E-state index is -0.467. The third kappa shape index (κ3) is 3.66. The molecule has 0 bridgehead atoms. The Hall–Kier alpha value is -2.01. The van der Waals surface area contributed by atoms with Gasteiger partial charge in [-0.3, -0.25) is 4.90 Å². The fourth-order valence-electron chi connectivity index (χ4n) is 3.48. The molecule has 4 rings (SSSR count). The van der Waals surface area contributed by atoms with Crippen LogP contribution in [0.1, 0.15) is 11.7 Å². The van der Waals surface area contributed by atoms with Gasteiger partial charge in [0.05, 0.1) is 6.10 Å². The molecule has 1 aromatic heterocycles. The molecule has 1 saturated heterocycles. The highest BCUT2D eigenvalue weighted by Gasteiger charge is 2.20. The van der Waals surface area contributed by atoms with E-state index >= 15 is 0 Å². The van der Waals surface area contributed by atoms with Crippen molar-refractivity contribution in [2.75, 3.05) is 37.6 Å². The molecule has 0 saturated carbocycles. The number of aromatic amines is 1. The summed E-state index contributed by atoms with van der Waals surface area (Å²) in [5.41, 5.74) is 3.21. The highest BCUT2D eigenvalue weighted by molar-refractivity contribution is 6.30. The zero-order valence-electron chi connectivity index (χ0n) is 14.0. The molecular formula is C20H22ClN3O. The molecule has 5 heteroatoms. The van der Waals surface area contributed by atoms with Gasteiger partial charge >= 0.3 is 0 Å². The van der Waals surface area contributed by atoms with Crippen molar-refractivity contribution in [1.82, 2.24) is 9.88 Å². The van der Waals surface area contributed by atoms with E-state index in [1.807, 2.05) is 42.6 Å². The molecule has 1 fully saturated rings. The van der Waals surface area contributed by atoms with Crippen molar-refractivity contribution >= 4 is 28.2 Å². The number of hydrogen-bond acceptors (Lipinski definition) is 3. The van der Waals surface area contributed by atoms with Gasteiger partial charge in [0.1, 0.15) is 0 Å². The number of hydrogen-bond donors (Lipinski definition) is 2. The van der Waals surface area contributed by atoms with E-state index in [0.29, 0.717) is 6.54 Å². The molecule has 1 aliphatic heterocycles. The minimum absolute atomic E-state index is 0.467. The second-order valence-electron chi connectivity index (χ2n) is 6.61. The molecule has 0 spiro atoms. The number of piperazine rings is 1. The lowest BCUT2D eigenvalue weighted by Gasteiger charge is -2.37. The van der Waals surface area contributed by atoms with Crippen LogP contribution in [0.2, 0.25) is 5.02 Å². The summed E-state index contributed by atoms with van der Waals surface area (Å²) in [6.07, 6.45) is 1.46. The lowest BCUT2D eigenvalue weighted by atomic mass is 10.1. The number of rotatable bonds is 4. The molecule has 0 amide bonds. The Balaban J connectivity index is 1.36. The first-order valence-corrected chi connectivity index (χ1v) is 9.05. The smallest absolute Gasteiger partial charge is 0.0917 e. The molecule has 3 aromatic rings. The maximum absolute atomic E-state index is 10.6. The van der Waals surface area contributed by atoms with Crippen molar-refractivity contribution in [3.05, 3.63) is 65.3 Å². The SMILES string of the molecule is O[C@@H](CN1CCN(c2cccc(Cl)c2)CC1)c1ccc2cc[nH]c2c1. The van der Waals surface area contributed by atoms with E-state index in [2.05, 4.69) is 26.9 Å². The number of fused-ring (bicyclic) bond motifs is 1. The topological polar surface area (TPSA) is 42.5 Å². The molecular weight excluding hydrogens is 334 g/mol. The predicted octanol–water partition coefficient (Wildman–Crippen LogP) is 3.68. The maximum atomic E-state index is 10.6. The molecule has 2 heterocycles. The third-order valence-electron chi connectivity index (χ3n) is 4.94. The van der Waals surface area contributed by atoms with Crippen LogP contribution in [-0.2, 0) is 0 Å². The first-order valence-electron chi connectivity index (χ1n) is 8.67. The van der Waals surface area contributed by atoms with Gasteiger partial charge in [-0.25, -0.2) is 0 Å². The quantitative estimate of drug-likeness (QED) is 0.750. The van der Waals surface area contributed by atoms with Crippen molar-refractivity contribution in [1.29, 1.82) is 0 Å². The van der Waals surface area contributed by atoms with Crippen LogP contribution in [0.5, 0.6) is 0 Å². The summed E-state index contributed by atoms with van der Waals surface area (Å²) in [6.45, 7) is 4.43. The van der Waals surface area contributed by atoms with Gasteiger partial charge in [-0.2, -0.15) is 0 Å². The summed E-state index contributed by atoms with van der Waals surface area (Å²) in [6, 6.07) is 16.2. The van der Waals surface area contributed by atoms with Gasteiger partial charge in [0.15, 0.2) is 0 Å². The molecule has 25 heavy (non-hydrogen) atoms. The third-order valence-corrected chi connectivity index (χ3v) is 5.18. The van der Waals surface area contributed by atoms with Crippen molar-refractivity contribution in [2.45, 2.75) is 6.10 Å². The van der Waals surface area contributed by atoms with Gasteiger partial charge < -0.3 is 15.0 Å². The summed E-state index contributed by atoms with van der Waals surface area (Å²) in [7, 11) is 0. The maximum Gasteiger partial charge on any atom is 0.0917 e. The summed E-state index contributed by atoms with van der Waals surface area (Å²) in [5.74, 6) is 0. The van der Waals surface area contributed by atoms with Gasteiger partial charge in [-0.1, -0.05) is 29.8 Å². The number of aliphatic hydroxyl groups excluding tert-OH is 1. The van der Waals surface area contributed by atoms with Crippen molar-refractivity contribution < 1.29 is 5.11 Å². The highest BCUT2D eigenvalue weighted by Crippen LogP contribution is 2.23. The number of nitrogens with one attached hydrogen (secondary N) is 1. The number of halogens is 1.